The summed E-state index contributed by atoms with van der Waals surface area (Å²) < 4.78 is 0. The Morgan fingerprint density at radius 3 is 3.00 bits per heavy atom. The summed E-state index contributed by atoms with van der Waals surface area (Å²) in [5, 5.41) is 4.92. The number of hydrogen-bond acceptors (Lipinski definition) is 2. The van der Waals surface area contributed by atoms with Crippen LogP contribution < -0.4 is 5.32 Å². The lowest BCUT2D eigenvalue weighted by Gasteiger charge is -2.18. The van der Waals surface area contributed by atoms with Crippen LogP contribution in [0.25, 0.3) is 10.9 Å². The van der Waals surface area contributed by atoms with Crippen LogP contribution in [0.5, 0.6) is 0 Å². The quantitative estimate of drug-likeness (QED) is 0.791. The van der Waals surface area contributed by atoms with Crippen LogP contribution in [0.2, 0.25) is 0 Å². The predicted octanol–water partition coefficient (Wildman–Crippen LogP) is 4.62. The van der Waals surface area contributed by atoms with E-state index in [-0.39, 0.29) is 0 Å². The lowest BCUT2D eigenvalue weighted by Crippen LogP contribution is -2.18. The van der Waals surface area contributed by atoms with Crippen LogP contribution >= 0.6 is 0 Å². The van der Waals surface area contributed by atoms with E-state index in [2.05, 4.69) is 41.5 Å². The van der Waals surface area contributed by atoms with Crippen LogP contribution in [0.3, 0.4) is 0 Å². The highest BCUT2D eigenvalue weighted by molar-refractivity contribution is 5.82. The Morgan fingerprint density at radius 2 is 2.05 bits per heavy atom. The van der Waals surface area contributed by atoms with E-state index in [0.717, 1.165) is 11.4 Å². The fraction of sp³-hybridized carbons (Fsp3) is 0.471. The molecule has 1 aromatic heterocycles. The van der Waals surface area contributed by atoms with Gasteiger partial charge in [-0.2, -0.15) is 0 Å². The molecular weight excluding hydrogens is 232 g/mol. The molecule has 2 heteroatoms. The second-order valence-corrected chi connectivity index (χ2v) is 5.87. The van der Waals surface area contributed by atoms with Gasteiger partial charge in [0, 0.05) is 23.3 Å². The summed E-state index contributed by atoms with van der Waals surface area (Å²) in [6, 6.07) is 11.2. The van der Waals surface area contributed by atoms with Crippen molar-refractivity contribution in [3.05, 3.63) is 36.5 Å². The first-order chi connectivity index (χ1) is 9.31. The number of rotatable bonds is 2. The third-order valence-corrected chi connectivity index (χ3v) is 4.23. The largest absolute Gasteiger partial charge is 0.382 e. The molecule has 2 atom stereocenters. The Morgan fingerprint density at radius 1 is 1.11 bits per heavy atom. The van der Waals surface area contributed by atoms with Gasteiger partial charge in [-0.05, 0) is 49.4 Å². The molecule has 3 rings (SSSR count). The minimum Gasteiger partial charge on any atom is -0.382 e. The molecule has 1 aliphatic rings. The van der Waals surface area contributed by atoms with E-state index in [4.69, 9.17) is 0 Å². The van der Waals surface area contributed by atoms with Crippen molar-refractivity contribution in [1.29, 1.82) is 0 Å². The van der Waals surface area contributed by atoms with Crippen molar-refractivity contribution < 1.29 is 0 Å². The van der Waals surface area contributed by atoms with Crippen LogP contribution in [0.4, 0.5) is 5.69 Å². The molecule has 2 nitrogen and oxygen atoms in total. The molecule has 0 amide bonds. The van der Waals surface area contributed by atoms with Gasteiger partial charge in [-0.15, -0.1) is 0 Å². The van der Waals surface area contributed by atoms with E-state index >= 15 is 0 Å². The summed E-state index contributed by atoms with van der Waals surface area (Å²) in [7, 11) is 0. The Balaban J connectivity index is 1.73. The van der Waals surface area contributed by atoms with Gasteiger partial charge >= 0.3 is 0 Å². The number of nitrogens with zero attached hydrogens (tertiary/aromatic N) is 1. The van der Waals surface area contributed by atoms with Crippen molar-refractivity contribution >= 4 is 16.6 Å². The summed E-state index contributed by atoms with van der Waals surface area (Å²) >= 11 is 0. The Labute approximate surface area is 115 Å². The number of pyridine rings is 1. The molecule has 1 saturated carbocycles. The van der Waals surface area contributed by atoms with Crippen LogP contribution in [-0.2, 0) is 0 Å². The molecule has 0 saturated heterocycles. The van der Waals surface area contributed by atoms with E-state index in [1.807, 2.05) is 12.3 Å². The molecule has 0 radical (unpaired) electrons. The molecule has 1 fully saturated rings. The van der Waals surface area contributed by atoms with Gasteiger partial charge in [0.1, 0.15) is 0 Å². The van der Waals surface area contributed by atoms with Gasteiger partial charge in [0.05, 0.1) is 5.52 Å². The number of aromatic nitrogens is 1. The smallest absolute Gasteiger partial charge is 0.0703 e. The van der Waals surface area contributed by atoms with Gasteiger partial charge in [0.15, 0.2) is 0 Å². The van der Waals surface area contributed by atoms with Crippen molar-refractivity contribution in [3.63, 3.8) is 0 Å². The molecule has 0 aliphatic heterocycles. The molecule has 2 unspecified atom stereocenters. The first-order valence-electron chi connectivity index (χ1n) is 7.42. The van der Waals surface area contributed by atoms with Crippen LogP contribution in [0.1, 0.15) is 39.0 Å². The third-order valence-electron chi connectivity index (χ3n) is 4.23. The van der Waals surface area contributed by atoms with Crippen LogP contribution in [-0.4, -0.2) is 11.0 Å². The lowest BCUT2D eigenvalue weighted by molar-refractivity contribution is 0.502. The highest BCUT2D eigenvalue weighted by Gasteiger charge is 2.15. The fourth-order valence-electron chi connectivity index (χ4n) is 3.03. The van der Waals surface area contributed by atoms with Crippen molar-refractivity contribution in [2.45, 2.75) is 45.1 Å². The molecule has 2 aromatic rings. The number of fused-ring (bicyclic) bond motifs is 1. The maximum absolute atomic E-state index is 4.37. The monoisotopic (exact) mass is 254 g/mol. The zero-order valence-electron chi connectivity index (χ0n) is 11.6. The summed E-state index contributed by atoms with van der Waals surface area (Å²) in [6.45, 7) is 2.38. The summed E-state index contributed by atoms with van der Waals surface area (Å²) in [4.78, 5) is 4.37. The third kappa shape index (κ3) is 3.06. The molecule has 0 bridgehead atoms. The van der Waals surface area contributed by atoms with Crippen LogP contribution in [0.15, 0.2) is 36.5 Å². The molecule has 1 heterocycles. The second-order valence-electron chi connectivity index (χ2n) is 5.87. The van der Waals surface area contributed by atoms with Gasteiger partial charge < -0.3 is 5.32 Å². The number of anilines is 1. The minimum absolute atomic E-state index is 0.638. The van der Waals surface area contributed by atoms with E-state index in [1.165, 1.54) is 43.2 Å². The minimum atomic E-state index is 0.638. The highest BCUT2D eigenvalue weighted by Crippen LogP contribution is 2.26. The van der Waals surface area contributed by atoms with Gasteiger partial charge in [0.25, 0.3) is 0 Å². The molecule has 1 N–H and O–H groups in total. The van der Waals surface area contributed by atoms with Gasteiger partial charge in [0.2, 0.25) is 0 Å². The standard InChI is InChI=1S/C17H22N2/c1-13-4-2-6-15(8-7-13)19-16-9-10-17-14(12-16)5-3-11-18-17/h3,5,9-13,15,19H,2,4,6-8H2,1H3. The molecule has 1 aliphatic carbocycles. The molecule has 1 aromatic carbocycles. The van der Waals surface area contributed by atoms with Crippen molar-refractivity contribution in [3.8, 4) is 0 Å². The summed E-state index contributed by atoms with van der Waals surface area (Å²) in [5.41, 5.74) is 2.31. The van der Waals surface area contributed by atoms with Crippen molar-refractivity contribution in [2.24, 2.45) is 5.92 Å². The zero-order valence-corrected chi connectivity index (χ0v) is 11.6. The number of nitrogens with one attached hydrogen (secondary N) is 1. The summed E-state index contributed by atoms with van der Waals surface area (Å²) in [5.74, 6) is 0.896. The fourth-order valence-corrected chi connectivity index (χ4v) is 3.03. The highest BCUT2D eigenvalue weighted by atomic mass is 14.9. The SMILES string of the molecule is CC1CCCC(Nc2ccc3ncccc3c2)CC1. The first kappa shape index (κ1) is 12.5. The predicted molar refractivity (Wildman–Crippen MR) is 81.4 cm³/mol. The number of benzene rings is 1. The summed E-state index contributed by atoms with van der Waals surface area (Å²) in [6.07, 6.45) is 8.55. The normalized spacial score (nSPS) is 24.1. The molecule has 19 heavy (non-hydrogen) atoms. The average Bonchev–Trinajstić information content (AvgIpc) is 2.64. The number of hydrogen-bond donors (Lipinski definition) is 1. The second kappa shape index (κ2) is 5.60. The van der Waals surface area contributed by atoms with E-state index in [0.29, 0.717) is 6.04 Å². The zero-order chi connectivity index (χ0) is 13.1. The molecular formula is C17H22N2. The van der Waals surface area contributed by atoms with Gasteiger partial charge in [-0.1, -0.05) is 25.8 Å². The Bertz CT molecular complexity index is 550. The van der Waals surface area contributed by atoms with Crippen molar-refractivity contribution in [1.82, 2.24) is 4.98 Å². The van der Waals surface area contributed by atoms with E-state index in [1.54, 1.807) is 0 Å². The van der Waals surface area contributed by atoms with Crippen molar-refractivity contribution in [2.75, 3.05) is 5.32 Å². The maximum Gasteiger partial charge on any atom is 0.0703 e. The molecule has 0 spiro atoms. The molecule has 100 valence electrons. The van der Waals surface area contributed by atoms with Gasteiger partial charge in [-0.3, -0.25) is 4.98 Å². The first-order valence-corrected chi connectivity index (χ1v) is 7.42. The Kier molecular flexibility index (Phi) is 3.67. The van der Waals surface area contributed by atoms with Crippen LogP contribution in [0, 0.1) is 5.92 Å². The Hall–Kier alpha value is -1.57. The van der Waals surface area contributed by atoms with E-state index in [9.17, 15) is 0 Å². The average molecular weight is 254 g/mol. The maximum atomic E-state index is 4.37. The van der Waals surface area contributed by atoms with Gasteiger partial charge in [-0.25, -0.2) is 0 Å². The topological polar surface area (TPSA) is 24.9 Å². The van der Waals surface area contributed by atoms with E-state index < -0.39 is 0 Å². The lowest BCUT2D eigenvalue weighted by atomic mass is 10.0.